The first-order valence-electron chi connectivity index (χ1n) is 10.3. The summed E-state index contributed by atoms with van der Waals surface area (Å²) in [6.07, 6.45) is -3.06. The number of H-pyrrole nitrogens is 1. The van der Waals surface area contributed by atoms with Crippen molar-refractivity contribution in [2.75, 3.05) is 5.32 Å². The number of aromatic amines is 1. The van der Waals surface area contributed by atoms with Gasteiger partial charge in [-0.05, 0) is 42.3 Å². The average molecular weight is 461 g/mol. The van der Waals surface area contributed by atoms with Crippen LogP contribution in [0.1, 0.15) is 29.7 Å². The standard InChI is InChI=1S/C25H18F3N5O/c1-15(16-6-3-2-4-7-16)31-24-30-11-10-21(32-24)20-13-18(14-29)23(34)33-22(20)17-8-5-9-19(12-17)25(26,27)28/h2-13,15H,1H3,(H,33,34)(H,30,31,32). The van der Waals surface area contributed by atoms with E-state index in [0.717, 1.165) is 17.7 Å². The molecule has 0 aliphatic heterocycles. The second-order valence-electron chi connectivity index (χ2n) is 7.53. The maximum absolute atomic E-state index is 13.3. The minimum absolute atomic E-state index is 0.121. The smallest absolute Gasteiger partial charge is 0.348 e. The van der Waals surface area contributed by atoms with Crippen molar-refractivity contribution in [2.45, 2.75) is 19.1 Å². The number of nitriles is 1. The monoisotopic (exact) mass is 461 g/mol. The van der Waals surface area contributed by atoms with E-state index < -0.39 is 17.3 Å². The van der Waals surface area contributed by atoms with E-state index in [2.05, 4.69) is 20.3 Å². The van der Waals surface area contributed by atoms with E-state index in [1.807, 2.05) is 37.3 Å². The molecule has 0 fully saturated rings. The maximum atomic E-state index is 13.3. The third-order valence-corrected chi connectivity index (χ3v) is 5.22. The van der Waals surface area contributed by atoms with Crippen molar-refractivity contribution in [1.29, 1.82) is 5.26 Å². The first-order valence-corrected chi connectivity index (χ1v) is 10.3. The van der Waals surface area contributed by atoms with Crippen LogP contribution in [0, 0.1) is 11.3 Å². The molecule has 2 aromatic heterocycles. The summed E-state index contributed by atoms with van der Waals surface area (Å²) in [5, 5.41) is 12.5. The number of pyridine rings is 1. The van der Waals surface area contributed by atoms with Crippen molar-refractivity contribution >= 4 is 5.95 Å². The Morgan fingerprint density at radius 2 is 1.82 bits per heavy atom. The molecule has 0 amide bonds. The summed E-state index contributed by atoms with van der Waals surface area (Å²) in [6, 6.07) is 18.8. The van der Waals surface area contributed by atoms with Gasteiger partial charge in [0.2, 0.25) is 5.95 Å². The molecule has 0 radical (unpaired) electrons. The second kappa shape index (κ2) is 9.19. The molecular weight excluding hydrogens is 443 g/mol. The van der Waals surface area contributed by atoms with Crippen molar-refractivity contribution in [1.82, 2.24) is 15.0 Å². The summed E-state index contributed by atoms with van der Waals surface area (Å²) in [6.45, 7) is 1.94. The molecule has 0 bridgehead atoms. The van der Waals surface area contributed by atoms with Gasteiger partial charge in [-0.15, -0.1) is 0 Å². The Morgan fingerprint density at radius 1 is 1.06 bits per heavy atom. The summed E-state index contributed by atoms with van der Waals surface area (Å²) >= 11 is 0. The van der Waals surface area contributed by atoms with Gasteiger partial charge < -0.3 is 10.3 Å². The zero-order valence-electron chi connectivity index (χ0n) is 17.9. The van der Waals surface area contributed by atoms with Crippen molar-refractivity contribution < 1.29 is 13.2 Å². The molecule has 170 valence electrons. The van der Waals surface area contributed by atoms with E-state index in [9.17, 15) is 23.2 Å². The Kier molecular flexibility index (Phi) is 6.15. The van der Waals surface area contributed by atoms with Crippen molar-refractivity contribution in [3.63, 3.8) is 0 Å². The van der Waals surface area contributed by atoms with Gasteiger partial charge in [0.15, 0.2) is 0 Å². The van der Waals surface area contributed by atoms with Crippen molar-refractivity contribution in [2.24, 2.45) is 0 Å². The lowest BCUT2D eigenvalue weighted by Gasteiger charge is -2.16. The van der Waals surface area contributed by atoms with E-state index in [1.54, 1.807) is 12.1 Å². The van der Waals surface area contributed by atoms with E-state index in [0.29, 0.717) is 11.3 Å². The lowest BCUT2D eigenvalue weighted by molar-refractivity contribution is -0.137. The molecule has 0 saturated heterocycles. The van der Waals surface area contributed by atoms with E-state index in [4.69, 9.17) is 0 Å². The van der Waals surface area contributed by atoms with Gasteiger partial charge in [0.05, 0.1) is 23.0 Å². The lowest BCUT2D eigenvalue weighted by Crippen LogP contribution is -2.13. The third-order valence-electron chi connectivity index (χ3n) is 5.22. The molecule has 34 heavy (non-hydrogen) atoms. The Morgan fingerprint density at radius 3 is 2.53 bits per heavy atom. The van der Waals surface area contributed by atoms with Gasteiger partial charge in [0.25, 0.3) is 5.56 Å². The largest absolute Gasteiger partial charge is 0.416 e. The summed E-state index contributed by atoms with van der Waals surface area (Å²) in [5.41, 5.74) is 0.152. The first kappa shape index (κ1) is 22.7. The highest BCUT2D eigenvalue weighted by molar-refractivity contribution is 5.80. The fourth-order valence-electron chi connectivity index (χ4n) is 3.49. The molecule has 4 rings (SSSR count). The number of halogens is 3. The fourth-order valence-corrected chi connectivity index (χ4v) is 3.49. The Labute approximate surface area is 192 Å². The number of nitrogens with one attached hydrogen (secondary N) is 2. The molecule has 0 saturated carbocycles. The van der Waals surface area contributed by atoms with Crippen LogP contribution in [0.15, 0.2) is 77.7 Å². The van der Waals surface area contributed by atoms with Crippen LogP contribution in [-0.4, -0.2) is 15.0 Å². The lowest BCUT2D eigenvalue weighted by atomic mass is 10.00. The summed E-state index contributed by atoms with van der Waals surface area (Å²) in [4.78, 5) is 23.6. The molecule has 0 spiro atoms. The zero-order valence-corrected chi connectivity index (χ0v) is 17.9. The van der Waals surface area contributed by atoms with Crippen LogP contribution < -0.4 is 10.9 Å². The van der Waals surface area contributed by atoms with Crippen LogP contribution in [-0.2, 0) is 6.18 Å². The molecule has 9 heteroatoms. The van der Waals surface area contributed by atoms with Crippen LogP contribution in [0.25, 0.3) is 22.5 Å². The van der Waals surface area contributed by atoms with Gasteiger partial charge in [-0.25, -0.2) is 9.97 Å². The van der Waals surface area contributed by atoms with E-state index in [1.165, 1.54) is 24.4 Å². The topological polar surface area (TPSA) is 94.5 Å². The van der Waals surface area contributed by atoms with E-state index >= 15 is 0 Å². The summed E-state index contributed by atoms with van der Waals surface area (Å²) in [5.74, 6) is 0.286. The number of hydrogen-bond donors (Lipinski definition) is 2. The zero-order chi connectivity index (χ0) is 24.3. The highest BCUT2D eigenvalue weighted by atomic mass is 19.4. The number of aromatic nitrogens is 3. The SMILES string of the molecule is CC(Nc1nccc(-c2cc(C#N)c(=O)[nH]c2-c2cccc(C(F)(F)F)c2)n1)c1ccccc1. The maximum Gasteiger partial charge on any atom is 0.416 e. The van der Waals surface area contributed by atoms with Crippen molar-refractivity contribution in [3.8, 4) is 28.6 Å². The number of benzene rings is 2. The molecule has 1 unspecified atom stereocenters. The minimum atomic E-state index is -4.55. The van der Waals surface area contributed by atoms with Crippen LogP contribution in [0.2, 0.25) is 0 Å². The van der Waals surface area contributed by atoms with Gasteiger partial charge in [0.1, 0.15) is 11.6 Å². The van der Waals surface area contributed by atoms with Gasteiger partial charge in [-0.2, -0.15) is 18.4 Å². The normalized spacial score (nSPS) is 12.1. The number of nitrogens with zero attached hydrogens (tertiary/aromatic N) is 3. The summed E-state index contributed by atoms with van der Waals surface area (Å²) < 4.78 is 39.8. The average Bonchev–Trinajstić information content (AvgIpc) is 2.84. The Hall–Kier alpha value is -4.45. The molecule has 6 nitrogen and oxygen atoms in total. The van der Waals surface area contributed by atoms with Gasteiger partial charge in [-0.3, -0.25) is 4.79 Å². The molecule has 2 heterocycles. The van der Waals surface area contributed by atoms with Gasteiger partial charge >= 0.3 is 6.18 Å². The highest BCUT2D eigenvalue weighted by Gasteiger charge is 2.30. The molecule has 2 aromatic carbocycles. The third kappa shape index (κ3) is 4.81. The number of rotatable bonds is 5. The Balaban J connectivity index is 1.80. The Bertz CT molecular complexity index is 1430. The van der Waals surface area contributed by atoms with Crippen LogP contribution in [0.5, 0.6) is 0 Å². The first-order chi connectivity index (χ1) is 16.3. The predicted molar refractivity (Wildman–Crippen MR) is 122 cm³/mol. The van der Waals surface area contributed by atoms with E-state index in [-0.39, 0.29) is 28.8 Å². The number of hydrogen-bond acceptors (Lipinski definition) is 5. The molecule has 2 N–H and O–H groups in total. The quantitative estimate of drug-likeness (QED) is 0.406. The van der Waals surface area contributed by atoms with Crippen molar-refractivity contribution in [3.05, 3.63) is 100.0 Å². The van der Waals surface area contributed by atoms with Crippen LogP contribution >= 0.6 is 0 Å². The molecule has 0 aliphatic carbocycles. The molecule has 4 aromatic rings. The minimum Gasteiger partial charge on any atom is -0.348 e. The predicted octanol–water partition coefficient (Wildman–Crippen LogP) is 5.56. The number of alkyl halides is 3. The van der Waals surface area contributed by atoms with Gasteiger partial charge in [0, 0.05) is 11.8 Å². The highest BCUT2D eigenvalue weighted by Crippen LogP contribution is 2.34. The van der Waals surface area contributed by atoms with Gasteiger partial charge in [-0.1, -0.05) is 42.5 Å². The molecule has 0 aliphatic rings. The van der Waals surface area contributed by atoms with Crippen LogP contribution in [0.3, 0.4) is 0 Å². The molecular formula is C25H18F3N5O. The number of anilines is 1. The second-order valence-corrected chi connectivity index (χ2v) is 7.53. The molecule has 1 atom stereocenters. The summed E-state index contributed by atoms with van der Waals surface area (Å²) in [7, 11) is 0. The fraction of sp³-hybridized carbons (Fsp3) is 0.120. The van der Waals surface area contributed by atoms with Crippen LogP contribution in [0.4, 0.5) is 19.1 Å².